The molecule has 1 aromatic rings. The Morgan fingerprint density at radius 2 is 2.00 bits per heavy atom. The molecule has 1 aliphatic heterocycles. The predicted octanol–water partition coefficient (Wildman–Crippen LogP) is 2.86. The molecule has 0 saturated carbocycles. The molecule has 14 heavy (non-hydrogen) atoms. The molecule has 1 heterocycles. The number of rotatable bonds is 1. The van der Waals surface area contributed by atoms with Crippen molar-refractivity contribution in [2.45, 2.75) is 39.9 Å². The van der Waals surface area contributed by atoms with E-state index in [1.165, 1.54) is 0 Å². The van der Waals surface area contributed by atoms with Crippen molar-refractivity contribution in [2.24, 2.45) is 0 Å². The van der Waals surface area contributed by atoms with E-state index < -0.39 is 0 Å². The van der Waals surface area contributed by atoms with Gasteiger partial charge >= 0.3 is 0 Å². The van der Waals surface area contributed by atoms with E-state index in [9.17, 15) is 4.39 Å². The molecule has 0 saturated heterocycles. The van der Waals surface area contributed by atoms with Crippen molar-refractivity contribution in [1.82, 2.24) is 4.90 Å². The first-order valence-corrected chi connectivity index (χ1v) is 5.10. The smallest absolute Gasteiger partial charge is 0.128 e. The molecule has 0 unspecified atom stereocenters. The molecule has 1 nitrogen and oxygen atoms in total. The molecule has 2 rings (SSSR count). The van der Waals surface area contributed by atoms with Gasteiger partial charge in [-0.05, 0) is 38.0 Å². The maximum Gasteiger partial charge on any atom is 0.128 e. The first-order valence-electron chi connectivity index (χ1n) is 5.10. The molecule has 76 valence electrons. The van der Waals surface area contributed by atoms with Gasteiger partial charge in [-0.3, -0.25) is 4.90 Å². The number of hydrogen-bond donors (Lipinski definition) is 0. The molecule has 0 aromatic heterocycles. The van der Waals surface area contributed by atoms with Gasteiger partial charge in [0, 0.05) is 24.7 Å². The van der Waals surface area contributed by atoms with Crippen molar-refractivity contribution in [3.63, 3.8) is 0 Å². The number of benzene rings is 1. The summed E-state index contributed by atoms with van der Waals surface area (Å²) in [6.45, 7) is 7.90. The Morgan fingerprint density at radius 3 is 2.64 bits per heavy atom. The van der Waals surface area contributed by atoms with Crippen molar-refractivity contribution in [1.29, 1.82) is 0 Å². The molecule has 0 N–H and O–H groups in total. The topological polar surface area (TPSA) is 3.24 Å². The van der Waals surface area contributed by atoms with Crippen LogP contribution in [-0.4, -0.2) is 10.9 Å². The second kappa shape index (κ2) is 3.35. The lowest BCUT2D eigenvalue weighted by molar-refractivity contribution is 0.226. The zero-order valence-electron chi connectivity index (χ0n) is 8.97. The molecule has 0 fully saturated rings. The lowest BCUT2D eigenvalue weighted by atomic mass is 10.1. The molecule has 2 heteroatoms. The summed E-state index contributed by atoms with van der Waals surface area (Å²) < 4.78 is 13.6. The molecule has 0 amide bonds. The number of nitrogens with zero attached hydrogens (tertiary/aromatic N) is 1. The Labute approximate surface area is 84.5 Å². The van der Waals surface area contributed by atoms with E-state index in [-0.39, 0.29) is 5.82 Å². The van der Waals surface area contributed by atoms with Gasteiger partial charge in [0.15, 0.2) is 0 Å². The van der Waals surface area contributed by atoms with Crippen LogP contribution in [0.1, 0.15) is 30.5 Å². The lowest BCUT2D eigenvalue weighted by Crippen LogP contribution is -2.24. The van der Waals surface area contributed by atoms with Gasteiger partial charge < -0.3 is 0 Å². The normalized spacial score (nSPS) is 16.4. The van der Waals surface area contributed by atoms with Crippen LogP contribution >= 0.6 is 0 Å². The number of halogens is 1. The van der Waals surface area contributed by atoms with Gasteiger partial charge in [-0.25, -0.2) is 4.39 Å². The second-order valence-corrected chi connectivity index (χ2v) is 4.38. The van der Waals surface area contributed by atoms with Crippen molar-refractivity contribution < 1.29 is 4.39 Å². The van der Waals surface area contributed by atoms with Crippen molar-refractivity contribution in [3.05, 3.63) is 34.6 Å². The molecule has 0 radical (unpaired) electrons. The minimum absolute atomic E-state index is 0.0387. The van der Waals surface area contributed by atoms with E-state index in [1.54, 1.807) is 6.07 Å². The molecule has 1 aliphatic rings. The molecule has 1 aromatic carbocycles. The summed E-state index contributed by atoms with van der Waals surface area (Å²) >= 11 is 0. The zero-order chi connectivity index (χ0) is 10.3. The van der Waals surface area contributed by atoms with Gasteiger partial charge in [0.2, 0.25) is 0 Å². The third kappa shape index (κ3) is 1.55. The Bertz CT molecular complexity index is 358. The van der Waals surface area contributed by atoms with Crippen LogP contribution in [0, 0.1) is 12.7 Å². The Balaban J connectivity index is 2.35. The SMILES string of the molecule is Cc1cc(F)c2c(c1)CN(C(C)C)C2. The first kappa shape index (κ1) is 9.66. The fourth-order valence-corrected chi connectivity index (χ4v) is 2.01. The summed E-state index contributed by atoms with van der Waals surface area (Å²) in [6, 6.07) is 4.21. The Morgan fingerprint density at radius 1 is 1.29 bits per heavy atom. The van der Waals surface area contributed by atoms with Crippen LogP contribution in [0.2, 0.25) is 0 Å². The molecular weight excluding hydrogens is 177 g/mol. The fraction of sp³-hybridized carbons (Fsp3) is 0.500. The monoisotopic (exact) mass is 193 g/mol. The molecule has 0 spiro atoms. The first-order chi connectivity index (χ1) is 6.58. The van der Waals surface area contributed by atoms with Gasteiger partial charge in [0.05, 0.1) is 0 Å². The number of fused-ring (bicyclic) bond motifs is 1. The van der Waals surface area contributed by atoms with Crippen LogP contribution in [0.4, 0.5) is 4.39 Å². The zero-order valence-corrected chi connectivity index (χ0v) is 8.97. The fourth-order valence-electron chi connectivity index (χ4n) is 2.01. The van der Waals surface area contributed by atoms with E-state index in [0.29, 0.717) is 6.04 Å². The van der Waals surface area contributed by atoms with E-state index >= 15 is 0 Å². The summed E-state index contributed by atoms with van der Waals surface area (Å²) in [7, 11) is 0. The highest BCUT2D eigenvalue weighted by Crippen LogP contribution is 2.27. The Hall–Kier alpha value is -0.890. The number of hydrogen-bond acceptors (Lipinski definition) is 1. The van der Waals surface area contributed by atoms with Crippen molar-refractivity contribution in [3.8, 4) is 0 Å². The average molecular weight is 193 g/mol. The van der Waals surface area contributed by atoms with Crippen LogP contribution in [0.3, 0.4) is 0 Å². The highest BCUT2D eigenvalue weighted by Gasteiger charge is 2.23. The van der Waals surface area contributed by atoms with Gasteiger partial charge in [-0.1, -0.05) is 6.07 Å². The summed E-state index contributed by atoms with van der Waals surface area (Å²) in [5, 5.41) is 0. The Kier molecular flexibility index (Phi) is 2.31. The summed E-state index contributed by atoms with van der Waals surface area (Å²) in [4.78, 5) is 2.28. The third-order valence-corrected chi connectivity index (χ3v) is 2.90. The van der Waals surface area contributed by atoms with Gasteiger partial charge in [-0.15, -0.1) is 0 Å². The van der Waals surface area contributed by atoms with E-state index in [4.69, 9.17) is 0 Å². The summed E-state index contributed by atoms with van der Waals surface area (Å²) in [5.74, 6) is -0.0387. The lowest BCUT2D eigenvalue weighted by Gasteiger charge is -2.18. The summed E-state index contributed by atoms with van der Waals surface area (Å²) in [5.41, 5.74) is 3.08. The van der Waals surface area contributed by atoms with E-state index in [0.717, 1.165) is 29.8 Å². The van der Waals surface area contributed by atoms with Crippen LogP contribution in [0.5, 0.6) is 0 Å². The maximum absolute atomic E-state index is 13.6. The van der Waals surface area contributed by atoms with Crippen LogP contribution in [0.15, 0.2) is 12.1 Å². The molecular formula is C12H16FN. The largest absolute Gasteiger partial charge is 0.292 e. The van der Waals surface area contributed by atoms with Gasteiger partial charge in [0.25, 0.3) is 0 Å². The number of aryl methyl sites for hydroxylation is 1. The van der Waals surface area contributed by atoms with E-state index in [1.807, 2.05) is 6.92 Å². The summed E-state index contributed by atoms with van der Waals surface area (Å²) in [6.07, 6.45) is 0. The maximum atomic E-state index is 13.6. The molecule has 0 atom stereocenters. The average Bonchev–Trinajstić information content (AvgIpc) is 2.47. The second-order valence-electron chi connectivity index (χ2n) is 4.38. The molecule has 0 aliphatic carbocycles. The highest BCUT2D eigenvalue weighted by molar-refractivity contribution is 5.35. The minimum Gasteiger partial charge on any atom is -0.292 e. The predicted molar refractivity (Wildman–Crippen MR) is 55.5 cm³/mol. The van der Waals surface area contributed by atoms with Crippen LogP contribution < -0.4 is 0 Å². The molecule has 0 bridgehead atoms. The van der Waals surface area contributed by atoms with Gasteiger partial charge in [-0.2, -0.15) is 0 Å². The standard InChI is InChI=1S/C12H16FN/c1-8(2)14-6-10-4-9(3)5-12(13)11(10)7-14/h4-5,8H,6-7H2,1-3H3. The quantitative estimate of drug-likeness (QED) is 0.663. The van der Waals surface area contributed by atoms with Crippen molar-refractivity contribution >= 4 is 0 Å². The van der Waals surface area contributed by atoms with Crippen LogP contribution in [-0.2, 0) is 13.1 Å². The van der Waals surface area contributed by atoms with Crippen molar-refractivity contribution in [2.75, 3.05) is 0 Å². The third-order valence-electron chi connectivity index (χ3n) is 2.90. The van der Waals surface area contributed by atoms with E-state index in [2.05, 4.69) is 24.8 Å². The van der Waals surface area contributed by atoms with Gasteiger partial charge in [0.1, 0.15) is 5.82 Å². The highest BCUT2D eigenvalue weighted by atomic mass is 19.1. The minimum atomic E-state index is -0.0387. The van der Waals surface area contributed by atoms with Crippen LogP contribution in [0.25, 0.3) is 0 Å².